The van der Waals surface area contributed by atoms with Crippen LogP contribution in [0.2, 0.25) is 0 Å². The van der Waals surface area contributed by atoms with E-state index in [1.54, 1.807) is 0 Å². The second-order valence-corrected chi connectivity index (χ2v) is 8.19. The summed E-state index contributed by atoms with van der Waals surface area (Å²) in [5, 5.41) is 3.53. The molecule has 9 heteroatoms. The molecule has 1 aromatic rings. The van der Waals surface area contributed by atoms with E-state index in [9.17, 15) is 4.39 Å². The number of aliphatic imine (C=N–C) groups is 1. The Kier molecular flexibility index (Phi) is 9.61. The second-order valence-electron chi connectivity index (χ2n) is 8.19. The number of nitrogens with one attached hydrogen (secondary N) is 1. The molecule has 2 unspecified atom stereocenters. The molecular formula is C22H35FIN5O2. The van der Waals surface area contributed by atoms with Crippen LogP contribution in [0, 0.1) is 5.82 Å². The van der Waals surface area contributed by atoms with Gasteiger partial charge in [0.15, 0.2) is 5.96 Å². The van der Waals surface area contributed by atoms with Crippen molar-refractivity contribution in [3.63, 3.8) is 0 Å². The largest absolute Gasteiger partial charge is 0.375 e. The molecule has 0 aromatic heterocycles. The summed E-state index contributed by atoms with van der Waals surface area (Å²) in [4.78, 5) is 11.6. The first-order valence-corrected chi connectivity index (χ1v) is 11.1. The van der Waals surface area contributed by atoms with Crippen LogP contribution >= 0.6 is 24.0 Å². The molecule has 2 atom stereocenters. The zero-order valence-corrected chi connectivity index (χ0v) is 20.7. The second kappa shape index (κ2) is 12.2. The number of benzene rings is 1. The molecule has 0 aliphatic carbocycles. The predicted octanol–water partition coefficient (Wildman–Crippen LogP) is 2.02. The van der Waals surface area contributed by atoms with Gasteiger partial charge in [-0.05, 0) is 37.1 Å². The van der Waals surface area contributed by atoms with Crippen LogP contribution in [0.4, 0.5) is 10.1 Å². The molecule has 3 saturated heterocycles. The fourth-order valence-electron chi connectivity index (χ4n) is 4.53. The van der Waals surface area contributed by atoms with Crippen molar-refractivity contribution in [3.05, 3.63) is 30.1 Å². The fourth-order valence-corrected chi connectivity index (χ4v) is 4.53. The lowest BCUT2D eigenvalue weighted by atomic mass is 10.1. The lowest BCUT2D eigenvalue weighted by molar-refractivity contribution is -0.0817. The van der Waals surface area contributed by atoms with Gasteiger partial charge in [-0.2, -0.15) is 0 Å². The molecule has 0 spiro atoms. The van der Waals surface area contributed by atoms with Gasteiger partial charge in [-0.1, -0.05) is 0 Å². The minimum Gasteiger partial charge on any atom is -0.375 e. The lowest BCUT2D eigenvalue weighted by Crippen LogP contribution is -2.54. The number of hydrogen-bond acceptors (Lipinski definition) is 5. The van der Waals surface area contributed by atoms with E-state index in [1.807, 2.05) is 19.2 Å². The molecule has 0 radical (unpaired) electrons. The van der Waals surface area contributed by atoms with Crippen LogP contribution in [0.5, 0.6) is 0 Å². The van der Waals surface area contributed by atoms with Gasteiger partial charge in [0, 0.05) is 71.7 Å². The van der Waals surface area contributed by atoms with Crippen LogP contribution < -0.4 is 10.2 Å². The summed E-state index contributed by atoms with van der Waals surface area (Å²) in [5.41, 5.74) is 1.10. The first-order chi connectivity index (χ1) is 14.7. The summed E-state index contributed by atoms with van der Waals surface area (Å²) >= 11 is 0. The van der Waals surface area contributed by atoms with Gasteiger partial charge in [0.25, 0.3) is 0 Å². The van der Waals surface area contributed by atoms with Crippen molar-refractivity contribution in [2.75, 3.05) is 77.5 Å². The number of guanidine groups is 1. The molecule has 7 nitrogen and oxygen atoms in total. The average molecular weight is 547 g/mol. The predicted molar refractivity (Wildman–Crippen MR) is 132 cm³/mol. The van der Waals surface area contributed by atoms with E-state index >= 15 is 0 Å². The highest BCUT2D eigenvalue weighted by Gasteiger charge is 2.32. The Morgan fingerprint density at radius 3 is 2.48 bits per heavy atom. The summed E-state index contributed by atoms with van der Waals surface area (Å²) in [6.07, 6.45) is 2.59. The average Bonchev–Trinajstić information content (AvgIpc) is 3.33. The maximum Gasteiger partial charge on any atom is 0.193 e. The molecule has 4 rings (SSSR count). The van der Waals surface area contributed by atoms with Gasteiger partial charge in [-0.3, -0.25) is 9.89 Å². The number of piperazine rings is 1. The van der Waals surface area contributed by atoms with Crippen molar-refractivity contribution in [2.45, 2.75) is 25.0 Å². The number of nitrogens with zero attached hydrogens (tertiary/aromatic N) is 4. The number of halogens is 2. The molecule has 31 heavy (non-hydrogen) atoms. The van der Waals surface area contributed by atoms with Crippen LogP contribution in [0.1, 0.15) is 12.8 Å². The van der Waals surface area contributed by atoms with Gasteiger partial charge in [0.05, 0.1) is 12.7 Å². The third-order valence-corrected chi connectivity index (χ3v) is 6.26. The van der Waals surface area contributed by atoms with E-state index in [1.165, 1.54) is 12.1 Å². The fraction of sp³-hybridized carbons (Fsp3) is 0.682. The van der Waals surface area contributed by atoms with E-state index in [0.29, 0.717) is 0 Å². The molecular weight excluding hydrogens is 512 g/mol. The monoisotopic (exact) mass is 547 g/mol. The van der Waals surface area contributed by atoms with Crippen LogP contribution in [0.25, 0.3) is 0 Å². The van der Waals surface area contributed by atoms with E-state index in [4.69, 9.17) is 9.47 Å². The third kappa shape index (κ3) is 6.66. The van der Waals surface area contributed by atoms with Crippen LogP contribution in [0.3, 0.4) is 0 Å². The quantitative estimate of drug-likeness (QED) is 0.346. The van der Waals surface area contributed by atoms with Crippen molar-refractivity contribution in [1.82, 2.24) is 15.1 Å². The number of ether oxygens (including phenoxy) is 2. The van der Waals surface area contributed by atoms with Gasteiger partial charge in [0.2, 0.25) is 0 Å². The number of rotatable bonds is 5. The van der Waals surface area contributed by atoms with E-state index in [-0.39, 0.29) is 42.0 Å². The standard InChI is InChI=1S/C22H34FN5O2.HI/c1-24-22(28-14-16-30-21(17-28)20-3-2-15-29-20)25-8-9-26-10-12-27(13-11-26)19-6-4-18(23)5-7-19;/h4-7,20-21H,2-3,8-17H2,1H3,(H,24,25);1H. The number of hydrogen-bond donors (Lipinski definition) is 1. The van der Waals surface area contributed by atoms with Gasteiger partial charge >= 0.3 is 0 Å². The zero-order valence-electron chi connectivity index (χ0n) is 18.3. The van der Waals surface area contributed by atoms with Gasteiger partial charge < -0.3 is 24.6 Å². The number of morpholine rings is 1. The van der Waals surface area contributed by atoms with Crippen LogP contribution in [0.15, 0.2) is 29.3 Å². The Hall–Kier alpha value is -1.17. The van der Waals surface area contributed by atoms with Crippen LogP contribution in [-0.2, 0) is 9.47 Å². The summed E-state index contributed by atoms with van der Waals surface area (Å²) in [5.74, 6) is 0.769. The van der Waals surface area contributed by atoms with Crippen molar-refractivity contribution >= 4 is 35.6 Å². The first-order valence-electron chi connectivity index (χ1n) is 11.1. The Labute approximate surface area is 202 Å². The molecule has 1 N–H and O–H groups in total. The molecule has 174 valence electrons. The van der Waals surface area contributed by atoms with Crippen molar-refractivity contribution in [3.8, 4) is 0 Å². The Bertz CT molecular complexity index is 694. The molecule has 3 heterocycles. The zero-order chi connectivity index (χ0) is 20.8. The first kappa shape index (κ1) is 24.5. The summed E-state index contributed by atoms with van der Waals surface area (Å²) in [6.45, 7) is 9.07. The van der Waals surface area contributed by atoms with Crippen LogP contribution in [-0.4, -0.2) is 101 Å². The normalized spacial score (nSPS) is 25.4. The Balaban J connectivity index is 0.00000272. The molecule has 0 amide bonds. The molecule has 3 aliphatic heterocycles. The Morgan fingerprint density at radius 1 is 1.06 bits per heavy atom. The Morgan fingerprint density at radius 2 is 1.81 bits per heavy atom. The molecule has 1 aromatic carbocycles. The minimum atomic E-state index is -0.181. The third-order valence-electron chi connectivity index (χ3n) is 6.26. The highest BCUT2D eigenvalue weighted by molar-refractivity contribution is 14.0. The SMILES string of the molecule is CN=C(NCCN1CCN(c2ccc(F)cc2)CC1)N1CCOC(C2CCCO2)C1.I. The van der Waals surface area contributed by atoms with E-state index < -0.39 is 0 Å². The summed E-state index contributed by atoms with van der Waals surface area (Å²) in [7, 11) is 1.85. The lowest BCUT2D eigenvalue weighted by Gasteiger charge is -2.38. The maximum absolute atomic E-state index is 13.1. The highest BCUT2D eigenvalue weighted by atomic mass is 127. The van der Waals surface area contributed by atoms with Crippen molar-refractivity contribution in [2.24, 2.45) is 4.99 Å². The minimum absolute atomic E-state index is 0. The smallest absolute Gasteiger partial charge is 0.193 e. The molecule has 3 aliphatic rings. The van der Waals surface area contributed by atoms with Gasteiger partial charge in [-0.25, -0.2) is 4.39 Å². The summed E-state index contributed by atoms with van der Waals surface area (Å²) < 4.78 is 24.9. The highest BCUT2D eigenvalue weighted by Crippen LogP contribution is 2.21. The molecule has 0 saturated carbocycles. The summed E-state index contributed by atoms with van der Waals surface area (Å²) in [6, 6.07) is 6.80. The van der Waals surface area contributed by atoms with E-state index in [2.05, 4.69) is 25.0 Å². The number of anilines is 1. The molecule has 3 fully saturated rings. The topological polar surface area (TPSA) is 52.6 Å². The van der Waals surface area contributed by atoms with Crippen molar-refractivity contribution in [1.29, 1.82) is 0 Å². The van der Waals surface area contributed by atoms with Gasteiger partial charge in [-0.15, -0.1) is 24.0 Å². The molecule has 0 bridgehead atoms. The van der Waals surface area contributed by atoms with Gasteiger partial charge in [0.1, 0.15) is 11.9 Å². The van der Waals surface area contributed by atoms with E-state index in [0.717, 1.165) is 90.1 Å². The maximum atomic E-state index is 13.1. The van der Waals surface area contributed by atoms with Crippen molar-refractivity contribution < 1.29 is 13.9 Å².